The summed E-state index contributed by atoms with van der Waals surface area (Å²) < 4.78 is 0. The molecule has 0 aliphatic carbocycles. The molecule has 3 aromatic rings. The molecule has 0 saturated carbocycles. The van der Waals surface area contributed by atoms with E-state index in [1.807, 2.05) is 81.4 Å². The highest BCUT2D eigenvalue weighted by atomic mass is 16.2. The molecule has 3 aromatic carbocycles. The third-order valence-corrected chi connectivity index (χ3v) is 6.59. The number of carbonyl (C=O) groups is 3. The summed E-state index contributed by atoms with van der Waals surface area (Å²) in [6.45, 7) is 7.17. The van der Waals surface area contributed by atoms with E-state index in [1.54, 1.807) is 9.80 Å². The molecule has 1 aliphatic rings. The van der Waals surface area contributed by atoms with E-state index in [-0.39, 0.29) is 24.1 Å². The molecular weight excluding hydrogens is 438 g/mol. The lowest BCUT2D eigenvalue weighted by Crippen LogP contribution is -2.49. The van der Waals surface area contributed by atoms with E-state index in [2.05, 4.69) is 5.32 Å². The molecule has 0 spiro atoms. The first kappa shape index (κ1) is 24.5. The van der Waals surface area contributed by atoms with Crippen molar-refractivity contribution in [3.63, 3.8) is 0 Å². The number of carbonyl (C=O) groups excluding carboxylic acids is 3. The lowest BCUT2D eigenvalue weighted by molar-refractivity contribution is -0.141. The fourth-order valence-electron chi connectivity index (χ4n) is 4.95. The zero-order valence-electron chi connectivity index (χ0n) is 20.7. The van der Waals surface area contributed by atoms with Crippen LogP contribution in [0.2, 0.25) is 0 Å². The number of amides is 3. The average molecular weight is 472 g/mol. The number of hydrogen-bond donors (Lipinski definition) is 1. The second kappa shape index (κ2) is 10.7. The van der Waals surface area contributed by atoms with Gasteiger partial charge in [0.1, 0.15) is 6.04 Å². The van der Waals surface area contributed by atoms with Gasteiger partial charge in [-0.05, 0) is 49.8 Å². The summed E-state index contributed by atoms with van der Waals surface area (Å²) in [5.74, 6) is -0.227. The normalized spacial score (nSPS) is 13.2. The minimum Gasteiger partial charge on any atom is -0.355 e. The summed E-state index contributed by atoms with van der Waals surface area (Å²) in [5, 5.41) is 4.90. The highest BCUT2D eigenvalue weighted by Gasteiger charge is 2.31. The van der Waals surface area contributed by atoms with Gasteiger partial charge in [-0.1, -0.05) is 61.0 Å². The van der Waals surface area contributed by atoms with Crippen LogP contribution in [-0.4, -0.2) is 41.8 Å². The standard InChI is InChI=1S/C29H33N3O3/c1-4-24(28(34)30-5-2)32(19-21-11-6-10-20(3)18-21)26(33)16-9-17-31-25-15-8-13-22-12-7-14-23(27(22)25)29(31)35/h6-8,10-15,18,24H,4-5,9,16-17,19H2,1-3H3,(H,30,34)/t24-/m1/s1. The van der Waals surface area contributed by atoms with E-state index in [1.165, 1.54) is 0 Å². The Balaban J connectivity index is 1.48. The summed E-state index contributed by atoms with van der Waals surface area (Å²) >= 11 is 0. The molecule has 0 aromatic heterocycles. The first-order chi connectivity index (χ1) is 16.9. The molecule has 1 aliphatic heterocycles. The lowest BCUT2D eigenvalue weighted by atomic mass is 10.1. The molecule has 182 valence electrons. The number of rotatable bonds is 10. The van der Waals surface area contributed by atoms with Crippen LogP contribution in [0.4, 0.5) is 5.69 Å². The van der Waals surface area contributed by atoms with Crippen LogP contribution in [0.5, 0.6) is 0 Å². The van der Waals surface area contributed by atoms with E-state index < -0.39 is 6.04 Å². The Morgan fingerprint density at radius 1 is 1.03 bits per heavy atom. The van der Waals surface area contributed by atoms with Crippen molar-refractivity contribution < 1.29 is 14.4 Å². The number of benzene rings is 3. The van der Waals surface area contributed by atoms with Gasteiger partial charge < -0.3 is 15.1 Å². The molecule has 0 unspecified atom stereocenters. The van der Waals surface area contributed by atoms with Crippen molar-refractivity contribution in [3.8, 4) is 0 Å². The summed E-state index contributed by atoms with van der Waals surface area (Å²) in [7, 11) is 0. The van der Waals surface area contributed by atoms with Crippen LogP contribution < -0.4 is 10.2 Å². The van der Waals surface area contributed by atoms with Crippen LogP contribution in [0, 0.1) is 6.92 Å². The van der Waals surface area contributed by atoms with Crippen molar-refractivity contribution in [1.82, 2.24) is 10.2 Å². The largest absolute Gasteiger partial charge is 0.355 e. The molecule has 1 N–H and O–H groups in total. The van der Waals surface area contributed by atoms with Gasteiger partial charge in [0.05, 0.1) is 5.69 Å². The molecule has 0 bridgehead atoms. The highest BCUT2D eigenvalue weighted by molar-refractivity contribution is 6.25. The fraction of sp³-hybridized carbons (Fsp3) is 0.345. The molecule has 0 saturated heterocycles. The smallest absolute Gasteiger partial charge is 0.258 e. The zero-order chi connectivity index (χ0) is 24.9. The molecule has 1 heterocycles. The maximum atomic E-state index is 13.4. The van der Waals surface area contributed by atoms with Gasteiger partial charge in [-0.15, -0.1) is 0 Å². The van der Waals surface area contributed by atoms with Crippen molar-refractivity contribution in [2.45, 2.75) is 52.6 Å². The average Bonchev–Trinajstić information content (AvgIpc) is 3.12. The lowest BCUT2D eigenvalue weighted by Gasteiger charge is -2.31. The van der Waals surface area contributed by atoms with Crippen molar-refractivity contribution in [2.75, 3.05) is 18.0 Å². The van der Waals surface area contributed by atoms with Gasteiger partial charge in [-0.25, -0.2) is 0 Å². The Hall–Kier alpha value is -3.67. The van der Waals surface area contributed by atoms with Crippen molar-refractivity contribution in [1.29, 1.82) is 0 Å². The summed E-state index contributed by atoms with van der Waals surface area (Å²) in [5.41, 5.74) is 3.73. The van der Waals surface area contributed by atoms with E-state index in [9.17, 15) is 14.4 Å². The first-order valence-electron chi connectivity index (χ1n) is 12.4. The molecule has 6 nitrogen and oxygen atoms in total. The number of nitrogens with one attached hydrogen (secondary N) is 1. The second-order valence-corrected chi connectivity index (χ2v) is 9.07. The van der Waals surface area contributed by atoms with Gasteiger partial charge in [0.2, 0.25) is 11.8 Å². The number of nitrogens with zero attached hydrogens (tertiary/aromatic N) is 2. The number of aryl methyl sites for hydroxylation is 1. The highest BCUT2D eigenvalue weighted by Crippen LogP contribution is 2.37. The monoisotopic (exact) mass is 471 g/mol. The second-order valence-electron chi connectivity index (χ2n) is 9.07. The Kier molecular flexibility index (Phi) is 7.49. The third kappa shape index (κ3) is 5.06. The maximum absolute atomic E-state index is 13.4. The maximum Gasteiger partial charge on any atom is 0.258 e. The SMILES string of the molecule is CCNC(=O)[C@@H](CC)N(Cc1cccc(C)c1)C(=O)CCCN1C(=O)c2cccc3cccc1c23. The predicted molar refractivity (Wildman–Crippen MR) is 139 cm³/mol. The van der Waals surface area contributed by atoms with Crippen LogP contribution in [0.1, 0.15) is 54.6 Å². The summed E-state index contributed by atoms with van der Waals surface area (Å²) in [6, 6.07) is 19.2. The van der Waals surface area contributed by atoms with Crippen molar-refractivity contribution >= 4 is 34.2 Å². The van der Waals surface area contributed by atoms with E-state index in [4.69, 9.17) is 0 Å². The van der Waals surface area contributed by atoms with Gasteiger partial charge in [0.15, 0.2) is 0 Å². The van der Waals surface area contributed by atoms with Crippen LogP contribution in [0.15, 0.2) is 60.7 Å². The van der Waals surface area contributed by atoms with Crippen LogP contribution in [-0.2, 0) is 16.1 Å². The van der Waals surface area contributed by atoms with Gasteiger partial charge in [-0.2, -0.15) is 0 Å². The zero-order valence-corrected chi connectivity index (χ0v) is 20.7. The number of hydrogen-bond acceptors (Lipinski definition) is 3. The minimum absolute atomic E-state index is 0.0189. The quantitative estimate of drug-likeness (QED) is 0.460. The Bertz CT molecular complexity index is 1250. The molecule has 4 rings (SSSR count). The predicted octanol–water partition coefficient (Wildman–Crippen LogP) is 4.83. The third-order valence-electron chi connectivity index (χ3n) is 6.59. The molecular formula is C29H33N3O3. The first-order valence-corrected chi connectivity index (χ1v) is 12.4. The van der Waals surface area contributed by atoms with E-state index in [0.717, 1.165) is 27.6 Å². The summed E-state index contributed by atoms with van der Waals surface area (Å²) in [6.07, 6.45) is 1.31. The molecule has 3 amide bonds. The van der Waals surface area contributed by atoms with E-state index in [0.29, 0.717) is 38.0 Å². The summed E-state index contributed by atoms with van der Waals surface area (Å²) in [4.78, 5) is 42.7. The molecule has 0 radical (unpaired) electrons. The molecule has 35 heavy (non-hydrogen) atoms. The van der Waals surface area contributed by atoms with Crippen molar-refractivity contribution in [3.05, 3.63) is 77.4 Å². The molecule has 0 fully saturated rings. The van der Waals surface area contributed by atoms with Crippen LogP contribution in [0.25, 0.3) is 10.8 Å². The topological polar surface area (TPSA) is 69.7 Å². The van der Waals surface area contributed by atoms with Gasteiger partial charge in [0, 0.05) is 37.0 Å². The minimum atomic E-state index is -0.533. The van der Waals surface area contributed by atoms with Crippen molar-refractivity contribution in [2.24, 2.45) is 0 Å². The fourth-order valence-corrected chi connectivity index (χ4v) is 4.95. The Morgan fingerprint density at radius 2 is 1.77 bits per heavy atom. The van der Waals surface area contributed by atoms with Gasteiger partial charge >= 0.3 is 0 Å². The van der Waals surface area contributed by atoms with E-state index >= 15 is 0 Å². The van der Waals surface area contributed by atoms with Gasteiger partial charge in [0.25, 0.3) is 5.91 Å². The van der Waals surface area contributed by atoms with Gasteiger partial charge in [-0.3, -0.25) is 14.4 Å². The molecule has 6 heteroatoms. The Labute approximate surface area is 206 Å². The molecule has 1 atom stereocenters. The number of anilines is 1. The van der Waals surface area contributed by atoms with Crippen LogP contribution >= 0.6 is 0 Å². The Morgan fingerprint density at radius 3 is 2.49 bits per heavy atom. The number of likely N-dealkylation sites (N-methyl/N-ethyl adjacent to an activating group) is 1. The van der Waals surface area contributed by atoms with Crippen LogP contribution in [0.3, 0.4) is 0 Å².